The van der Waals surface area contributed by atoms with E-state index >= 15 is 0 Å². The monoisotopic (exact) mass is 526 g/mol. The van der Waals surface area contributed by atoms with Crippen molar-refractivity contribution in [2.45, 2.75) is 57.0 Å². The third-order valence-corrected chi connectivity index (χ3v) is 7.76. The lowest BCUT2D eigenvalue weighted by atomic mass is 9.77. The minimum Gasteiger partial charge on any atom is -0.497 e. The van der Waals surface area contributed by atoms with Crippen molar-refractivity contribution in [1.82, 2.24) is 4.90 Å². The SMILES string of the molecule is CCOC(=O)c1ccccc1NC(=O)[C@@H]1c2ccccc2C(=O)N(C2CCCCC2)[C@H]1c1ccc(OC)cc1. The number of nitrogens with one attached hydrogen (secondary N) is 1. The molecule has 0 saturated heterocycles. The molecule has 3 aromatic carbocycles. The van der Waals surface area contributed by atoms with Crippen LogP contribution in [0.4, 0.5) is 5.69 Å². The van der Waals surface area contributed by atoms with Crippen LogP contribution in [0.3, 0.4) is 0 Å². The first-order valence-corrected chi connectivity index (χ1v) is 13.7. The number of fused-ring (bicyclic) bond motifs is 1. The van der Waals surface area contributed by atoms with E-state index in [0.717, 1.165) is 37.7 Å². The summed E-state index contributed by atoms with van der Waals surface area (Å²) in [5.74, 6) is -0.815. The molecule has 5 rings (SSSR count). The molecule has 7 heteroatoms. The Balaban J connectivity index is 1.62. The summed E-state index contributed by atoms with van der Waals surface area (Å²) in [5.41, 5.74) is 2.77. The molecule has 2 aliphatic rings. The molecule has 3 aromatic rings. The van der Waals surface area contributed by atoms with Crippen LogP contribution in [0.25, 0.3) is 0 Å². The van der Waals surface area contributed by atoms with Crippen molar-refractivity contribution in [1.29, 1.82) is 0 Å². The number of hydrogen-bond acceptors (Lipinski definition) is 5. The number of carbonyl (C=O) groups excluding carboxylic acids is 3. The number of amides is 2. The lowest BCUT2D eigenvalue weighted by Crippen LogP contribution is -2.51. The Hall–Kier alpha value is -4.13. The molecule has 0 aromatic heterocycles. The third kappa shape index (κ3) is 5.26. The number of anilines is 1. The Morgan fingerprint density at radius 1 is 0.923 bits per heavy atom. The zero-order chi connectivity index (χ0) is 27.4. The number of hydrogen-bond donors (Lipinski definition) is 1. The third-order valence-electron chi connectivity index (χ3n) is 7.76. The average Bonchev–Trinajstić information content (AvgIpc) is 2.98. The van der Waals surface area contributed by atoms with Crippen LogP contribution >= 0.6 is 0 Å². The van der Waals surface area contributed by atoms with Crippen LogP contribution < -0.4 is 10.1 Å². The van der Waals surface area contributed by atoms with Gasteiger partial charge in [-0.25, -0.2) is 4.79 Å². The fourth-order valence-electron chi connectivity index (χ4n) is 5.94. The van der Waals surface area contributed by atoms with Gasteiger partial charge in [-0.05, 0) is 61.2 Å². The summed E-state index contributed by atoms with van der Waals surface area (Å²) in [6.07, 6.45) is 5.06. The van der Waals surface area contributed by atoms with E-state index in [-0.39, 0.29) is 30.0 Å². The van der Waals surface area contributed by atoms with E-state index in [4.69, 9.17) is 9.47 Å². The zero-order valence-corrected chi connectivity index (χ0v) is 22.4. The van der Waals surface area contributed by atoms with E-state index in [1.807, 2.05) is 53.4 Å². The Morgan fingerprint density at radius 2 is 1.62 bits per heavy atom. The molecule has 2 atom stereocenters. The van der Waals surface area contributed by atoms with E-state index in [0.29, 0.717) is 22.6 Å². The molecule has 0 bridgehead atoms. The van der Waals surface area contributed by atoms with Gasteiger partial charge in [0.05, 0.1) is 36.9 Å². The number of nitrogens with zero attached hydrogens (tertiary/aromatic N) is 1. The van der Waals surface area contributed by atoms with Crippen molar-refractivity contribution in [2.75, 3.05) is 19.0 Å². The molecule has 202 valence electrons. The number of ether oxygens (including phenoxy) is 2. The second kappa shape index (κ2) is 11.7. The quantitative estimate of drug-likeness (QED) is 0.375. The lowest BCUT2D eigenvalue weighted by molar-refractivity contribution is -0.119. The molecular weight excluding hydrogens is 492 g/mol. The Labute approximate surface area is 229 Å². The van der Waals surface area contributed by atoms with Crippen LogP contribution in [0, 0.1) is 0 Å². The van der Waals surface area contributed by atoms with Gasteiger partial charge in [0.25, 0.3) is 5.91 Å². The minimum absolute atomic E-state index is 0.0360. The predicted octanol–water partition coefficient (Wildman–Crippen LogP) is 6.12. The fourth-order valence-corrected chi connectivity index (χ4v) is 5.94. The number of methoxy groups -OCH3 is 1. The van der Waals surface area contributed by atoms with Gasteiger partial charge < -0.3 is 19.7 Å². The topological polar surface area (TPSA) is 84.9 Å². The molecule has 7 nitrogen and oxygen atoms in total. The van der Waals surface area contributed by atoms with Crippen LogP contribution in [0.5, 0.6) is 5.75 Å². The van der Waals surface area contributed by atoms with Crippen molar-refractivity contribution in [3.8, 4) is 5.75 Å². The van der Waals surface area contributed by atoms with Gasteiger partial charge >= 0.3 is 5.97 Å². The summed E-state index contributed by atoms with van der Waals surface area (Å²) in [7, 11) is 1.61. The highest BCUT2D eigenvalue weighted by Gasteiger charge is 2.46. The van der Waals surface area contributed by atoms with Gasteiger partial charge in [-0.2, -0.15) is 0 Å². The predicted molar refractivity (Wildman–Crippen MR) is 149 cm³/mol. The van der Waals surface area contributed by atoms with Crippen LogP contribution in [-0.4, -0.2) is 42.4 Å². The van der Waals surface area contributed by atoms with E-state index < -0.39 is 17.9 Å². The maximum Gasteiger partial charge on any atom is 0.340 e. The molecule has 1 heterocycles. The molecule has 0 unspecified atom stereocenters. The van der Waals surface area contributed by atoms with Gasteiger partial charge in [0, 0.05) is 11.6 Å². The molecule has 0 radical (unpaired) electrons. The summed E-state index contributed by atoms with van der Waals surface area (Å²) in [6, 6.07) is 21.4. The molecular formula is C32H34N2O5. The number of rotatable bonds is 7. The number of benzene rings is 3. The first-order valence-electron chi connectivity index (χ1n) is 13.7. The molecule has 0 spiro atoms. The molecule has 1 aliphatic heterocycles. The van der Waals surface area contributed by atoms with Crippen LogP contribution in [-0.2, 0) is 9.53 Å². The number of esters is 1. The first kappa shape index (κ1) is 26.5. The summed E-state index contributed by atoms with van der Waals surface area (Å²) in [6.45, 7) is 1.98. The van der Waals surface area contributed by atoms with Gasteiger partial charge in [-0.15, -0.1) is 0 Å². The largest absolute Gasteiger partial charge is 0.497 e. The Kier molecular flexibility index (Phi) is 7.96. The average molecular weight is 527 g/mol. The molecule has 2 amide bonds. The van der Waals surface area contributed by atoms with Gasteiger partial charge in [0.1, 0.15) is 5.75 Å². The van der Waals surface area contributed by atoms with Crippen LogP contribution in [0.1, 0.15) is 82.8 Å². The smallest absolute Gasteiger partial charge is 0.340 e. The molecule has 1 fully saturated rings. The van der Waals surface area contributed by atoms with Gasteiger partial charge in [-0.1, -0.05) is 61.7 Å². The molecule has 1 N–H and O–H groups in total. The van der Waals surface area contributed by atoms with Crippen molar-refractivity contribution in [3.05, 3.63) is 95.1 Å². The summed E-state index contributed by atoms with van der Waals surface area (Å²) in [4.78, 5) is 42.9. The lowest BCUT2D eigenvalue weighted by Gasteiger charge is -2.46. The Morgan fingerprint density at radius 3 is 2.33 bits per heavy atom. The molecule has 39 heavy (non-hydrogen) atoms. The van der Waals surface area contributed by atoms with E-state index in [2.05, 4.69) is 5.32 Å². The standard InChI is InChI=1S/C32H34N2O5/c1-3-39-32(37)26-15-9-10-16-27(26)33-30(35)28-24-13-7-8-14-25(24)31(36)34(22-11-5-4-6-12-22)29(28)21-17-19-23(38-2)20-18-21/h7-10,13-20,22,28-29H,3-6,11-12H2,1-2H3,(H,33,35)/t28-,29+/m1/s1. The van der Waals surface area contributed by atoms with E-state index in [1.165, 1.54) is 0 Å². The number of para-hydroxylation sites is 1. The normalized spacial score (nSPS) is 19.2. The van der Waals surface area contributed by atoms with E-state index in [9.17, 15) is 14.4 Å². The van der Waals surface area contributed by atoms with Crippen molar-refractivity contribution in [2.24, 2.45) is 0 Å². The minimum atomic E-state index is -0.690. The second-order valence-corrected chi connectivity index (χ2v) is 10.0. The Bertz CT molecular complexity index is 1350. The summed E-state index contributed by atoms with van der Waals surface area (Å²) in [5, 5.41) is 3.02. The second-order valence-electron chi connectivity index (χ2n) is 10.0. The zero-order valence-electron chi connectivity index (χ0n) is 22.4. The van der Waals surface area contributed by atoms with Gasteiger partial charge in [-0.3, -0.25) is 9.59 Å². The van der Waals surface area contributed by atoms with Crippen molar-refractivity contribution < 1.29 is 23.9 Å². The molecule has 1 saturated carbocycles. The van der Waals surface area contributed by atoms with Gasteiger partial charge in [0.2, 0.25) is 5.91 Å². The maximum atomic E-state index is 14.3. The first-order chi connectivity index (χ1) is 19.0. The fraction of sp³-hybridized carbons (Fsp3) is 0.344. The highest BCUT2D eigenvalue weighted by molar-refractivity contribution is 6.07. The van der Waals surface area contributed by atoms with Crippen molar-refractivity contribution >= 4 is 23.5 Å². The van der Waals surface area contributed by atoms with Gasteiger partial charge in [0.15, 0.2) is 0 Å². The highest BCUT2D eigenvalue weighted by Crippen LogP contribution is 2.46. The maximum absolute atomic E-state index is 14.3. The summed E-state index contributed by atoms with van der Waals surface area (Å²) < 4.78 is 10.6. The number of carbonyl (C=O) groups is 3. The van der Waals surface area contributed by atoms with Crippen LogP contribution in [0.15, 0.2) is 72.8 Å². The highest BCUT2D eigenvalue weighted by atomic mass is 16.5. The summed E-state index contributed by atoms with van der Waals surface area (Å²) >= 11 is 0. The van der Waals surface area contributed by atoms with E-state index in [1.54, 1.807) is 38.3 Å². The van der Waals surface area contributed by atoms with Crippen molar-refractivity contribution in [3.63, 3.8) is 0 Å². The molecule has 1 aliphatic carbocycles. The van der Waals surface area contributed by atoms with Crippen LogP contribution in [0.2, 0.25) is 0 Å².